The summed E-state index contributed by atoms with van der Waals surface area (Å²) in [6, 6.07) is 3.02. The number of carbonyl (C=O) groups excluding carboxylic acids is 1. The molecule has 0 fully saturated rings. The van der Waals surface area contributed by atoms with E-state index in [-0.39, 0.29) is 9.99 Å². The summed E-state index contributed by atoms with van der Waals surface area (Å²) in [5.41, 5.74) is 0. The van der Waals surface area contributed by atoms with Crippen molar-refractivity contribution in [2.45, 2.75) is 18.1 Å². The molecule has 84 valence electrons. The topological polar surface area (TPSA) is 54.5 Å². The van der Waals surface area contributed by atoms with E-state index in [1.165, 1.54) is 24.3 Å². The summed E-state index contributed by atoms with van der Waals surface area (Å²) in [6.45, 7) is 3.60. The van der Waals surface area contributed by atoms with Crippen LogP contribution in [0.15, 0.2) is 16.3 Å². The van der Waals surface area contributed by atoms with Crippen LogP contribution in [0, 0.1) is 0 Å². The summed E-state index contributed by atoms with van der Waals surface area (Å²) < 4.78 is 25.1. The Bertz CT molecular complexity index is 461. The Labute approximate surface area is 93.6 Å². The van der Waals surface area contributed by atoms with Gasteiger partial charge in [-0.2, -0.15) is 0 Å². The second-order valence-electron chi connectivity index (χ2n) is 3.09. The average molecular weight is 247 g/mol. The fraction of sp³-hybridized carbons (Fsp3) is 0.444. The number of hydrogen-bond acceptors (Lipinski definition) is 4. The fourth-order valence-corrected chi connectivity index (χ4v) is 3.56. The van der Waals surface area contributed by atoms with Crippen LogP contribution >= 0.6 is 11.3 Å². The van der Waals surface area contributed by atoms with Crippen molar-refractivity contribution in [3.05, 3.63) is 17.0 Å². The molecule has 1 aromatic rings. The molecule has 0 unspecified atom stereocenters. The number of ketones is 1. The van der Waals surface area contributed by atoms with E-state index in [9.17, 15) is 13.2 Å². The minimum absolute atomic E-state index is 0.111. The molecular weight excluding hydrogens is 234 g/mol. The predicted molar refractivity (Wildman–Crippen MR) is 59.8 cm³/mol. The maximum absolute atomic E-state index is 11.8. The molecule has 0 aromatic carbocycles. The Morgan fingerprint density at radius 3 is 2.47 bits per heavy atom. The lowest BCUT2D eigenvalue weighted by atomic mass is 10.4. The lowest BCUT2D eigenvalue weighted by molar-refractivity contribution is 0.102. The second-order valence-corrected chi connectivity index (χ2v) is 6.45. The normalized spacial score (nSPS) is 12.0. The van der Waals surface area contributed by atoms with Crippen molar-refractivity contribution in [1.82, 2.24) is 4.31 Å². The van der Waals surface area contributed by atoms with Crippen molar-refractivity contribution in [1.29, 1.82) is 0 Å². The van der Waals surface area contributed by atoms with E-state index in [0.29, 0.717) is 11.4 Å². The molecular formula is C9H13NO3S2. The highest BCUT2D eigenvalue weighted by Crippen LogP contribution is 2.24. The molecule has 0 atom stereocenters. The van der Waals surface area contributed by atoms with Gasteiger partial charge in [0.2, 0.25) is 0 Å². The third-order valence-corrected chi connectivity index (χ3v) is 5.62. The molecule has 0 bridgehead atoms. The Morgan fingerprint density at radius 1 is 1.47 bits per heavy atom. The molecule has 1 rings (SSSR count). The standard InChI is InChI=1S/C9H13NO3S2/c1-4-10(3)15(12,13)9-6-5-8(14-9)7(2)11/h5-6H,4H2,1-3H3. The molecule has 4 nitrogen and oxygen atoms in total. The van der Waals surface area contributed by atoms with E-state index in [0.717, 1.165) is 11.3 Å². The Morgan fingerprint density at radius 2 is 2.07 bits per heavy atom. The quantitative estimate of drug-likeness (QED) is 0.759. The van der Waals surface area contributed by atoms with Crippen LogP contribution in [0.2, 0.25) is 0 Å². The maximum Gasteiger partial charge on any atom is 0.252 e. The van der Waals surface area contributed by atoms with E-state index in [2.05, 4.69) is 0 Å². The van der Waals surface area contributed by atoms with Gasteiger partial charge in [-0.15, -0.1) is 11.3 Å². The molecule has 1 heterocycles. The van der Waals surface area contributed by atoms with E-state index in [4.69, 9.17) is 0 Å². The molecule has 0 spiro atoms. The highest BCUT2D eigenvalue weighted by Gasteiger charge is 2.21. The number of hydrogen-bond donors (Lipinski definition) is 0. The van der Waals surface area contributed by atoms with Gasteiger partial charge in [-0.3, -0.25) is 4.79 Å². The van der Waals surface area contributed by atoms with E-state index < -0.39 is 10.0 Å². The molecule has 0 saturated heterocycles. The minimum Gasteiger partial charge on any atom is -0.294 e. The average Bonchev–Trinajstić information content (AvgIpc) is 2.65. The lowest BCUT2D eigenvalue weighted by Crippen LogP contribution is -2.25. The van der Waals surface area contributed by atoms with E-state index >= 15 is 0 Å². The maximum atomic E-state index is 11.8. The van der Waals surface area contributed by atoms with Crippen molar-refractivity contribution in [3.63, 3.8) is 0 Å². The molecule has 6 heteroatoms. The molecule has 0 amide bonds. The third-order valence-electron chi connectivity index (χ3n) is 2.04. The Hall–Kier alpha value is -0.720. The smallest absolute Gasteiger partial charge is 0.252 e. The van der Waals surface area contributed by atoms with Crippen molar-refractivity contribution in [2.24, 2.45) is 0 Å². The van der Waals surface area contributed by atoms with Crippen LogP contribution in [0.5, 0.6) is 0 Å². The summed E-state index contributed by atoms with van der Waals surface area (Å²) >= 11 is 1.01. The van der Waals surface area contributed by atoms with Crippen molar-refractivity contribution >= 4 is 27.1 Å². The van der Waals surface area contributed by atoms with Crippen molar-refractivity contribution in [2.75, 3.05) is 13.6 Å². The first-order valence-corrected chi connectivity index (χ1v) is 6.72. The first-order chi connectivity index (χ1) is 6.89. The third kappa shape index (κ3) is 2.45. The zero-order valence-corrected chi connectivity index (χ0v) is 10.5. The van der Waals surface area contributed by atoms with Gasteiger partial charge < -0.3 is 0 Å². The molecule has 0 aliphatic heterocycles. The molecule has 0 saturated carbocycles. The van der Waals surface area contributed by atoms with Crippen LogP contribution in [0.4, 0.5) is 0 Å². The van der Waals surface area contributed by atoms with Gasteiger partial charge in [0.25, 0.3) is 10.0 Å². The summed E-state index contributed by atoms with van der Waals surface area (Å²) in [5.74, 6) is -0.111. The lowest BCUT2D eigenvalue weighted by Gasteiger charge is -2.12. The second kappa shape index (κ2) is 4.42. The predicted octanol–water partition coefficient (Wildman–Crippen LogP) is 1.59. The first kappa shape index (κ1) is 12.4. The molecule has 1 aromatic heterocycles. The number of nitrogens with zero attached hydrogens (tertiary/aromatic N) is 1. The summed E-state index contributed by atoms with van der Waals surface area (Å²) in [4.78, 5) is 11.5. The van der Waals surface area contributed by atoms with Crippen LogP contribution in [0.25, 0.3) is 0 Å². The molecule has 0 radical (unpaired) electrons. The Kier molecular flexibility index (Phi) is 3.64. The monoisotopic (exact) mass is 247 g/mol. The largest absolute Gasteiger partial charge is 0.294 e. The van der Waals surface area contributed by atoms with Gasteiger partial charge in [0.15, 0.2) is 5.78 Å². The Balaban J connectivity index is 3.12. The summed E-state index contributed by atoms with van der Waals surface area (Å²) in [7, 11) is -1.89. The van der Waals surface area contributed by atoms with Crippen LogP contribution in [0.3, 0.4) is 0 Å². The van der Waals surface area contributed by atoms with Crippen LogP contribution in [-0.4, -0.2) is 32.1 Å². The number of sulfonamides is 1. The van der Waals surface area contributed by atoms with Crippen molar-refractivity contribution in [3.8, 4) is 0 Å². The number of rotatable bonds is 4. The van der Waals surface area contributed by atoms with Crippen LogP contribution in [-0.2, 0) is 10.0 Å². The minimum atomic E-state index is -3.40. The SMILES string of the molecule is CCN(C)S(=O)(=O)c1ccc(C(C)=O)s1. The molecule has 15 heavy (non-hydrogen) atoms. The first-order valence-electron chi connectivity index (χ1n) is 4.46. The molecule has 0 aliphatic rings. The van der Waals surface area contributed by atoms with E-state index in [1.54, 1.807) is 13.0 Å². The molecule has 0 N–H and O–H groups in total. The van der Waals surface area contributed by atoms with Gasteiger partial charge in [-0.1, -0.05) is 6.92 Å². The number of thiophene rings is 1. The van der Waals surface area contributed by atoms with Gasteiger partial charge >= 0.3 is 0 Å². The summed E-state index contributed by atoms with van der Waals surface area (Å²) in [5, 5.41) is 0. The highest BCUT2D eigenvalue weighted by molar-refractivity contribution is 7.91. The fourth-order valence-electron chi connectivity index (χ4n) is 0.972. The van der Waals surface area contributed by atoms with Crippen LogP contribution < -0.4 is 0 Å². The molecule has 0 aliphatic carbocycles. The number of carbonyl (C=O) groups is 1. The van der Waals surface area contributed by atoms with Gasteiger partial charge in [0.1, 0.15) is 4.21 Å². The highest BCUT2D eigenvalue weighted by atomic mass is 32.2. The van der Waals surface area contributed by atoms with Gasteiger partial charge in [0, 0.05) is 13.6 Å². The van der Waals surface area contributed by atoms with E-state index in [1.807, 2.05) is 0 Å². The van der Waals surface area contributed by atoms with Gasteiger partial charge in [-0.05, 0) is 19.1 Å². The van der Waals surface area contributed by atoms with Crippen molar-refractivity contribution < 1.29 is 13.2 Å². The van der Waals surface area contributed by atoms with Gasteiger partial charge in [0.05, 0.1) is 4.88 Å². The zero-order valence-electron chi connectivity index (χ0n) is 8.85. The van der Waals surface area contributed by atoms with Crippen LogP contribution in [0.1, 0.15) is 23.5 Å². The summed E-state index contributed by atoms with van der Waals surface area (Å²) in [6.07, 6.45) is 0. The zero-order chi connectivity index (χ0) is 11.6. The van der Waals surface area contributed by atoms with Gasteiger partial charge in [-0.25, -0.2) is 12.7 Å². The number of Topliss-reactive ketones (excluding diaryl/α,β-unsaturated/α-hetero) is 1.